The molecule has 1 aliphatic rings. The Kier molecular flexibility index (Phi) is 7.59. The normalized spacial score (nSPS) is 14.1. The van der Waals surface area contributed by atoms with E-state index < -0.39 is 10.0 Å². The lowest BCUT2D eigenvalue weighted by Crippen LogP contribution is -2.35. The fraction of sp³-hybridized carbons (Fsp3) is 0.304. The highest BCUT2D eigenvalue weighted by Gasteiger charge is 2.23. The Balaban J connectivity index is 1.61. The number of hydrogen-bond acceptors (Lipinski definition) is 4. The molecule has 0 aliphatic carbocycles. The highest BCUT2D eigenvalue weighted by Crippen LogP contribution is 2.18. The Morgan fingerprint density at radius 2 is 1.84 bits per heavy atom. The van der Waals surface area contributed by atoms with E-state index in [1.165, 1.54) is 4.31 Å². The number of amides is 2. The van der Waals surface area contributed by atoms with Gasteiger partial charge in [0.2, 0.25) is 15.9 Å². The molecule has 1 aliphatic heterocycles. The lowest BCUT2D eigenvalue weighted by atomic mass is 10.1. The molecule has 31 heavy (non-hydrogen) atoms. The minimum Gasteiger partial charge on any atom is -0.350 e. The summed E-state index contributed by atoms with van der Waals surface area (Å²) in [7, 11) is -3.66. The van der Waals surface area contributed by atoms with Gasteiger partial charge in [-0.05, 0) is 36.2 Å². The lowest BCUT2D eigenvalue weighted by Gasteiger charge is -2.21. The maximum Gasteiger partial charge on any atom is 0.251 e. The molecule has 1 fully saturated rings. The van der Waals surface area contributed by atoms with Gasteiger partial charge in [-0.25, -0.2) is 8.42 Å². The summed E-state index contributed by atoms with van der Waals surface area (Å²) >= 11 is 0. The van der Waals surface area contributed by atoms with E-state index in [1.54, 1.807) is 65.6 Å². The van der Waals surface area contributed by atoms with Crippen molar-refractivity contribution < 1.29 is 18.0 Å². The van der Waals surface area contributed by atoms with Gasteiger partial charge in [0.05, 0.1) is 4.90 Å². The van der Waals surface area contributed by atoms with E-state index >= 15 is 0 Å². The van der Waals surface area contributed by atoms with Crippen LogP contribution < -0.4 is 5.32 Å². The third kappa shape index (κ3) is 5.80. The molecule has 3 rings (SSSR count). The summed E-state index contributed by atoms with van der Waals surface area (Å²) < 4.78 is 27.2. The fourth-order valence-electron chi connectivity index (χ4n) is 3.45. The highest BCUT2D eigenvalue weighted by atomic mass is 32.2. The van der Waals surface area contributed by atoms with Gasteiger partial charge in [-0.3, -0.25) is 9.59 Å². The Bertz CT molecular complexity index is 1020. The number of benzene rings is 2. The van der Waals surface area contributed by atoms with Crippen molar-refractivity contribution >= 4 is 21.8 Å². The third-order valence-electron chi connectivity index (χ3n) is 5.13. The van der Waals surface area contributed by atoms with E-state index in [9.17, 15) is 18.0 Å². The van der Waals surface area contributed by atoms with E-state index in [-0.39, 0.29) is 29.8 Å². The molecule has 2 aromatic carbocycles. The van der Waals surface area contributed by atoms with Crippen molar-refractivity contribution in [2.24, 2.45) is 0 Å². The zero-order valence-electron chi connectivity index (χ0n) is 17.4. The number of nitrogens with zero attached hydrogens (tertiary/aromatic N) is 2. The maximum absolute atomic E-state index is 12.9. The van der Waals surface area contributed by atoms with Crippen LogP contribution in [-0.4, -0.2) is 55.6 Å². The van der Waals surface area contributed by atoms with Crippen LogP contribution in [0.3, 0.4) is 0 Å². The fourth-order valence-corrected chi connectivity index (χ4v) is 4.87. The topological polar surface area (TPSA) is 86.8 Å². The minimum absolute atomic E-state index is 0.133. The molecular formula is C23H27N3O4S. The number of nitrogens with one attached hydrogen (secondary N) is 1. The molecule has 0 radical (unpaired) electrons. The Morgan fingerprint density at radius 3 is 2.45 bits per heavy atom. The molecular weight excluding hydrogens is 414 g/mol. The van der Waals surface area contributed by atoms with Crippen molar-refractivity contribution in [1.82, 2.24) is 14.5 Å². The van der Waals surface area contributed by atoms with Gasteiger partial charge in [0.1, 0.15) is 0 Å². The SMILES string of the molecule is C=CCN(Cc1ccc(C(=O)NCCN2CCCC2=O)cc1)S(=O)(=O)c1ccccc1. The molecule has 2 aromatic rings. The van der Waals surface area contributed by atoms with Gasteiger partial charge >= 0.3 is 0 Å². The lowest BCUT2D eigenvalue weighted by molar-refractivity contribution is -0.127. The number of sulfonamides is 1. The van der Waals surface area contributed by atoms with Gasteiger partial charge in [0.25, 0.3) is 5.91 Å². The standard InChI is InChI=1S/C23H27N3O4S/c1-2-15-26(31(29,30)21-7-4-3-5-8-21)18-19-10-12-20(13-11-19)23(28)24-14-17-25-16-6-9-22(25)27/h2-5,7-8,10-13H,1,6,9,14-18H2,(H,24,28). The quantitative estimate of drug-likeness (QED) is 0.574. The van der Waals surface area contributed by atoms with Crippen molar-refractivity contribution in [2.75, 3.05) is 26.2 Å². The van der Waals surface area contributed by atoms with Gasteiger partial charge in [0.15, 0.2) is 0 Å². The molecule has 0 bridgehead atoms. The molecule has 0 aromatic heterocycles. The molecule has 1 heterocycles. The second-order valence-electron chi connectivity index (χ2n) is 7.34. The van der Waals surface area contributed by atoms with Crippen LogP contribution in [0.25, 0.3) is 0 Å². The zero-order chi connectivity index (χ0) is 22.3. The van der Waals surface area contributed by atoms with Crippen molar-refractivity contribution in [3.05, 3.63) is 78.4 Å². The first-order chi connectivity index (χ1) is 14.9. The molecule has 0 saturated carbocycles. The number of carbonyl (C=O) groups excluding carboxylic acids is 2. The first kappa shape index (κ1) is 22.7. The Morgan fingerprint density at radius 1 is 1.13 bits per heavy atom. The molecule has 0 atom stereocenters. The molecule has 0 spiro atoms. The summed E-state index contributed by atoms with van der Waals surface area (Å²) in [6.07, 6.45) is 3.00. The van der Waals surface area contributed by atoms with Crippen LogP contribution in [0.4, 0.5) is 0 Å². The van der Waals surface area contributed by atoms with Gasteiger partial charge in [-0.15, -0.1) is 6.58 Å². The molecule has 1 N–H and O–H groups in total. The van der Waals surface area contributed by atoms with Crippen molar-refractivity contribution in [1.29, 1.82) is 0 Å². The van der Waals surface area contributed by atoms with E-state index in [2.05, 4.69) is 11.9 Å². The summed E-state index contributed by atoms with van der Waals surface area (Å²) in [6, 6.07) is 15.1. The summed E-state index contributed by atoms with van der Waals surface area (Å²) in [4.78, 5) is 25.9. The molecule has 1 saturated heterocycles. The average molecular weight is 442 g/mol. The number of likely N-dealkylation sites (tertiary alicyclic amines) is 1. The predicted octanol–water partition coefficient (Wildman–Crippen LogP) is 2.42. The number of carbonyl (C=O) groups is 2. The van der Waals surface area contributed by atoms with Crippen LogP contribution in [-0.2, 0) is 21.4 Å². The van der Waals surface area contributed by atoms with Crippen molar-refractivity contribution in [2.45, 2.75) is 24.3 Å². The second kappa shape index (κ2) is 10.4. The molecule has 164 valence electrons. The summed E-state index contributed by atoms with van der Waals surface area (Å²) in [6.45, 7) is 5.66. The first-order valence-electron chi connectivity index (χ1n) is 10.2. The van der Waals surface area contributed by atoms with Crippen LogP contribution >= 0.6 is 0 Å². The van der Waals surface area contributed by atoms with E-state index in [0.717, 1.165) is 18.5 Å². The molecule has 8 heteroatoms. The van der Waals surface area contributed by atoms with Crippen LogP contribution in [0, 0.1) is 0 Å². The predicted molar refractivity (Wildman–Crippen MR) is 119 cm³/mol. The smallest absolute Gasteiger partial charge is 0.251 e. The average Bonchev–Trinajstić information content (AvgIpc) is 3.19. The van der Waals surface area contributed by atoms with Crippen LogP contribution in [0.1, 0.15) is 28.8 Å². The molecule has 7 nitrogen and oxygen atoms in total. The van der Waals surface area contributed by atoms with Gasteiger partial charge < -0.3 is 10.2 Å². The van der Waals surface area contributed by atoms with Crippen LogP contribution in [0.15, 0.2) is 72.1 Å². The maximum atomic E-state index is 12.9. The van der Waals surface area contributed by atoms with Crippen molar-refractivity contribution in [3.63, 3.8) is 0 Å². The molecule has 0 unspecified atom stereocenters. The summed E-state index contributed by atoms with van der Waals surface area (Å²) in [5.41, 5.74) is 1.25. The van der Waals surface area contributed by atoms with E-state index in [1.807, 2.05) is 0 Å². The van der Waals surface area contributed by atoms with E-state index in [4.69, 9.17) is 0 Å². The first-order valence-corrected chi connectivity index (χ1v) is 11.7. The number of hydrogen-bond donors (Lipinski definition) is 1. The molecule has 2 amide bonds. The summed E-state index contributed by atoms with van der Waals surface area (Å²) in [5.74, 6) is -0.0915. The Hall–Kier alpha value is -2.97. The minimum atomic E-state index is -3.66. The van der Waals surface area contributed by atoms with E-state index in [0.29, 0.717) is 25.1 Å². The van der Waals surface area contributed by atoms with Crippen LogP contribution in [0.5, 0.6) is 0 Å². The van der Waals surface area contributed by atoms with Gasteiger partial charge in [-0.2, -0.15) is 4.31 Å². The third-order valence-corrected chi connectivity index (χ3v) is 6.95. The van der Waals surface area contributed by atoms with Gasteiger partial charge in [-0.1, -0.05) is 36.4 Å². The highest BCUT2D eigenvalue weighted by molar-refractivity contribution is 7.89. The largest absolute Gasteiger partial charge is 0.350 e. The zero-order valence-corrected chi connectivity index (χ0v) is 18.2. The monoisotopic (exact) mass is 441 g/mol. The second-order valence-corrected chi connectivity index (χ2v) is 9.27. The van der Waals surface area contributed by atoms with Crippen LogP contribution in [0.2, 0.25) is 0 Å². The van der Waals surface area contributed by atoms with Gasteiger partial charge in [0, 0.05) is 44.7 Å². The summed E-state index contributed by atoms with van der Waals surface area (Å²) in [5, 5.41) is 2.82. The Labute approximate surface area is 183 Å². The van der Waals surface area contributed by atoms with Crippen molar-refractivity contribution in [3.8, 4) is 0 Å². The number of rotatable bonds is 10.